The lowest BCUT2D eigenvalue weighted by Crippen LogP contribution is -2.06. The van der Waals surface area contributed by atoms with Gasteiger partial charge >= 0.3 is 0 Å². The van der Waals surface area contributed by atoms with Crippen LogP contribution in [0.3, 0.4) is 0 Å². The smallest absolute Gasteiger partial charge is 0.238 e. The number of nitrogens with zero attached hydrogens (tertiary/aromatic N) is 7. The lowest BCUT2D eigenvalue weighted by Gasteiger charge is -2.13. The maximum Gasteiger partial charge on any atom is 0.238 e. The maximum atomic E-state index is 5.38. The Kier molecular flexibility index (Phi) is 13.1. The number of aromatic nitrogens is 7. The van der Waals surface area contributed by atoms with Gasteiger partial charge in [0.15, 0.2) is 29.1 Å². The van der Waals surface area contributed by atoms with Crippen LogP contribution in [0.2, 0.25) is 0 Å². The van der Waals surface area contributed by atoms with Crippen LogP contribution >= 0.6 is 0 Å². The topological polar surface area (TPSA) is 82.3 Å². The molecule has 85 heavy (non-hydrogen) atoms. The average Bonchev–Trinajstić information content (AvgIpc) is 1.81. The Morgan fingerprint density at radius 2 is 0.494 bits per heavy atom. The highest BCUT2D eigenvalue weighted by atomic mass is 15.2. The van der Waals surface area contributed by atoms with E-state index in [0.717, 1.165) is 116 Å². The SMILES string of the molecule is c1ccc(-c2cc(-c3ccccc3)cc(-c3cccc(-c4nc(-c5ccccc5)nc(-c5cccc(-c6cccc7c6c6cc(-c8ccccc8)ccc6n7-c6nc(-c7ccccc7)nc(-c7cccc(-c8ccccc8)c7)n6)c5)n4)c3)c2)cc1. The average molecular weight is 1090 g/mol. The van der Waals surface area contributed by atoms with Gasteiger partial charge in [0.2, 0.25) is 5.95 Å². The molecule has 12 aromatic carbocycles. The molecule has 0 aliphatic heterocycles. The van der Waals surface area contributed by atoms with E-state index in [1.165, 1.54) is 0 Å². The second-order valence-corrected chi connectivity index (χ2v) is 21.1. The van der Waals surface area contributed by atoms with E-state index in [0.29, 0.717) is 35.1 Å². The van der Waals surface area contributed by atoms with Gasteiger partial charge in [-0.15, -0.1) is 0 Å². The number of fused-ring (bicyclic) bond motifs is 3. The molecule has 3 aromatic heterocycles. The molecule has 0 N–H and O–H groups in total. The van der Waals surface area contributed by atoms with Gasteiger partial charge in [0.05, 0.1) is 11.0 Å². The normalized spacial score (nSPS) is 11.3. The van der Waals surface area contributed by atoms with Crippen LogP contribution in [-0.4, -0.2) is 34.5 Å². The first-order valence-electron chi connectivity index (χ1n) is 28.5. The van der Waals surface area contributed by atoms with Crippen LogP contribution in [0.5, 0.6) is 0 Å². The van der Waals surface area contributed by atoms with E-state index in [1.54, 1.807) is 0 Å². The molecule has 0 saturated heterocycles. The summed E-state index contributed by atoms with van der Waals surface area (Å²) in [5.41, 5.74) is 19.6. The highest BCUT2D eigenvalue weighted by Gasteiger charge is 2.22. The molecule has 15 aromatic rings. The predicted octanol–water partition coefficient (Wildman–Crippen LogP) is 19.5. The van der Waals surface area contributed by atoms with Crippen molar-refractivity contribution in [2.24, 2.45) is 0 Å². The van der Waals surface area contributed by atoms with Gasteiger partial charge in [0.1, 0.15) is 0 Å². The maximum absolute atomic E-state index is 5.38. The molecule has 7 nitrogen and oxygen atoms in total. The van der Waals surface area contributed by atoms with Gasteiger partial charge in [0.25, 0.3) is 0 Å². The summed E-state index contributed by atoms with van der Waals surface area (Å²) in [6.45, 7) is 0. The van der Waals surface area contributed by atoms with Crippen molar-refractivity contribution < 1.29 is 0 Å². The number of hydrogen-bond donors (Lipinski definition) is 0. The lowest BCUT2D eigenvalue weighted by atomic mass is 9.93. The van der Waals surface area contributed by atoms with Crippen molar-refractivity contribution in [1.82, 2.24) is 34.5 Å². The standard InChI is InChI=1S/C78H51N7/c1-7-23-52(24-8-1)58-35-19-39-63(45-58)77-81-74(57-33-17-6-18-34-57)83-78(84-77)85-70-44-43-60(53-25-9-2-10-26-53)51-69(70)72-68(41-22-42-71(72)85)61-37-21-40-64(47-61)76-80-73(56-31-15-5-16-32-56)79-75(82-76)62-38-20-36-59(46-62)67-49-65(54-27-11-3-12-28-54)48-66(50-67)55-29-13-4-14-30-55/h1-51H. The fraction of sp³-hybridized carbons (Fsp3) is 0. The van der Waals surface area contributed by atoms with Gasteiger partial charge in [-0.25, -0.2) is 19.9 Å². The Hall–Kier alpha value is -11.5. The number of benzene rings is 12. The monoisotopic (exact) mass is 1090 g/mol. The molecular formula is C78H51N7. The minimum absolute atomic E-state index is 0.517. The molecule has 398 valence electrons. The molecule has 0 saturated carbocycles. The van der Waals surface area contributed by atoms with E-state index in [2.05, 4.69) is 271 Å². The summed E-state index contributed by atoms with van der Waals surface area (Å²) in [5.74, 6) is 3.41. The Bertz CT molecular complexity index is 4860. The molecule has 0 unspecified atom stereocenters. The molecule has 0 atom stereocenters. The zero-order valence-electron chi connectivity index (χ0n) is 46.1. The van der Waals surface area contributed by atoms with Crippen molar-refractivity contribution in [2.75, 3.05) is 0 Å². The summed E-state index contributed by atoms with van der Waals surface area (Å²) in [5, 5.41) is 2.12. The van der Waals surface area contributed by atoms with Crippen LogP contribution in [0, 0.1) is 0 Å². The van der Waals surface area contributed by atoms with Gasteiger partial charge < -0.3 is 0 Å². The molecule has 0 spiro atoms. The summed E-state index contributed by atoms with van der Waals surface area (Å²) < 4.78 is 2.20. The number of hydrogen-bond acceptors (Lipinski definition) is 6. The van der Waals surface area contributed by atoms with Crippen LogP contribution in [0.1, 0.15) is 0 Å². The highest BCUT2D eigenvalue weighted by molar-refractivity contribution is 6.16. The Labute approximate surface area is 492 Å². The lowest BCUT2D eigenvalue weighted by molar-refractivity contribution is 0.953. The minimum atomic E-state index is 0.517. The van der Waals surface area contributed by atoms with Crippen LogP contribution in [0.25, 0.3) is 151 Å². The molecule has 0 radical (unpaired) electrons. The molecule has 15 rings (SSSR count). The van der Waals surface area contributed by atoms with Crippen LogP contribution < -0.4 is 0 Å². The van der Waals surface area contributed by atoms with Crippen LogP contribution in [-0.2, 0) is 0 Å². The molecule has 0 bridgehead atoms. The summed E-state index contributed by atoms with van der Waals surface area (Å²) >= 11 is 0. The third kappa shape index (κ3) is 10.0. The first-order chi connectivity index (χ1) is 42.1. The summed E-state index contributed by atoms with van der Waals surface area (Å²) in [7, 11) is 0. The molecule has 3 heterocycles. The van der Waals surface area contributed by atoms with Gasteiger partial charge in [-0.2, -0.15) is 9.97 Å². The van der Waals surface area contributed by atoms with Crippen LogP contribution in [0.15, 0.2) is 309 Å². The second kappa shape index (κ2) is 22.1. The Balaban J connectivity index is 0.887. The van der Waals surface area contributed by atoms with Crippen molar-refractivity contribution in [3.8, 4) is 130 Å². The molecule has 0 fully saturated rings. The molecule has 7 heteroatoms. The minimum Gasteiger partial charge on any atom is -0.278 e. The third-order valence-corrected chi connectivity index (χ3v) is 15.7. The molecular weight excluding hydrogens is 1030 g/mol. The Morgan fingerprint density at radius 3 is 0.965 bits per heavy atom. The zero-order valence-corrected chi connectivity index (χ0v) is 46.1. The first-order valence-corrected chi connectivity index (χ1v) is 28.5. The van der Waals surface area contributed by atoms with Gasteiger partial charge in [0, 0.05) is 38.6 Å². The van der Waals surface area contributed by atoms with E-state index in [4.69, 9.17) is 29.9 Å². The van der Waals surface area contributed by atoms with Crippen molar-refractivity contribution in [2.45, 2.75) is 0 Å². The highest BCUT2D eigenvalue weighted by Crippen LogP contribution is 2.42. The fourth-order valence-electron chi connectivity index (χ4n) is 11.5. The van der Waals surface area contributed by atoms with Crippen molar-refractivity contribution in [1.29, 1.82) is 0 Å². The largest absolute Gasteiger partial charge is 0.278 e. The van der Waals surface area contributed by atoms with E-state index >= 15 is 0 Å². The summed E-state index contributed by atoms with van der Waals surface area (Å²) in [6, 6.07) is 108. The third-order valence-electron chi connectivity index (χ3n) is 15.7. The quantitative estimate of drug-likeness (QED) is 0.121. The molecule has 0 aliphatic carbocycles. The van der Waals surface area contributed by atoms with Crippen molar-refractivity contribution in [3.05, 3.63) is 309 Å². The summed E-state index contributed by atoms with van der Waals surface area (Å²) in [4.78, 5) is 31.7. The van der Waals surface area contributed by atoms with E-state index in [-0.39, 0.29) is 0 Å². The zero-order chi connectivity index (χ0) is 56.5. The Morgan fingerprint density at radius 1 is 0.188 bits per heavy atom. The second-order valence-electron chi connectivity index (χ2n) is 21.1. The van der Waals surface area contributed by atoms with Crippen LogP contribution in [0.4, 0.5) is 0 Å². The van der Waals surface area contributed by atoms with Gasteiger partial charge in [-0.1, -0.05) is 255 Å². The first kappa shape index (κ1) is 50.4. The number of rotatable bonds is 12. The van der Waals surface area contributed by atoms with Gasteiger partial charge in [-0.3, -0.25) is 4.57 Å². The van der Waals surface area contributed by atoms with Crippen molar-refractivity contribution >= 4 is 21.8 Å². The van der Waals surface area contributed by atoms with E-state index in [9.17, 15) is 0 Å². The summed E-state index contributed by atoms with van der Waals surface area (Å²) in [6.07, 6.45) is 0. The predicted molar refractivity (Wildman–Crippen MR) is 347 cm³/mol. The van der Waals surface area contributed by atoms with Crippen molar-refractivity contribution in [3.63, 3.8) is 0 Å². The fourth-order valence-corrected chi connectivity index (χ4v) is 11.5. The van der Waals surface area contributed by atoms with Gasteiger partial charge in [-0.05, 0) is 121 Å². The molecule has 0 aliphatic rings. The van der Waals surface area contributed by atoms with E-state index < -0.39 is 0 Å². The molecule has 0 amide bonds. The van der Waals surface area contributed by atoms with E-state index in [1.807, 2.05) is 42.5 Å².